The number of benzene rings is 2. The first-order valence-electron chi connectivity index (χ1n) is 6.83. The van der Waals surface area contributed by atoms with Crippen LogP contribution in [0.25, 0.3) is 11.1 Å². The topological polar surface area (TPSA) is 12.5 Å². The Morgan fingerprint density at radius 2 is 2.00 bits per heavy atom. The van der Waals surface area contributed by atoms with Crippen molar-refractivity contribution in [3.05, 3.63) is 47.0 Å². The molecule has 0 atom stereocenters. The molecule has 0 unspecified atom stereocenters. The molecule has 1 aliphatic heterocycles. The van der Waals surface area contributed by atoms with Crippen molar-refractivity contribution in [2.24, 2.45) is 0 Å². The summed E-state index contributed by atoms with van der Waals surface area (Å²) < 4.78 is 5.74. The highest BCUT2D eigenvalue weighted by Crippen LogP contribution is 2.57. The zero-order valence-electron chi connectivity index (χ0n) is 10.6. The first-order chi connectivity index (χ1) is 8.88. The Morgan fingerprint density at radius 3 is 2.89 bits per heavy atom. The van der Waals surface area contributed by atoms with Crippen LogP contribution in [0.4, 0.5) is 0 Å². The van der Waals surface area contributed by atoms with Gasteiger partial charge in [0.1, 0.15) is 0 Å². The molecule has 1 aliphatic carbocycles. The summed E-state index contributed by atoms with van der Waals surface area (Å²) in [6.45, 7) is 2.24. The summed E-state index contributed by atoms with van der Waals surface area (Å²) in [5.74, 6) is 2.35. The van der Waals surface area contributed by atoms with Crippen LogP contribution in [0.15, 0.2) is 30.3 Å². The zero-order chi connectivity index (χ0) is 12.1. The summed E-state index contributed by atoms with van der Waals surface area (Å²) in [5, 5.41) is 0. The van der Waals surface area contributed by atoms with Crippen LogP contribution < -0.4 is 4.74 Å². The zero-order valence-corrected chi connectivity index (χ0v) is 10.6. The maximum atomic E-state index is 5.74. The monoisotopic (exact) mass is 236 g/mol. The Labute approximate surface area is 107 Å². The van der Waals surface area contributed by atoms with Gasteiger partial charge in [-0.05, 0) is 41.2 Å². The van der Waals surface area contributed by atoms with Gasteiger partial charge in [0.2, 0.25) is 0 Å². The standard InChI is InChI=1S/C17H16O/c1-2-3-6-12-10-14-13-8-5-4-7-11(13)9-15(14)17-16(12)18-17/h4-5,7-8,10H,2-3,6,9H2,1H3. The molecular weight excluding hydrogens is 220 g/mol. The van der Waals surface area contributed by atoms with Gasteiger partial charge in [-0.1, -0.05) is 37.6 Å². The highest BCUT2D eigenvalue weighted by atomic mass is 16.6. The van der Waals surface area contributed by atoms with Gasteiger partial charge in [-0.15, -0.1) is 0 Å². The molecule has 2 aromatic rings. The number of hydrogen-bond acceptors (Lipinski definition) is 1. The lowest BCUT2D eigenvalue weighted by Gasteiger charge is -2.01. The van der Waals surface area contributed by atoms with Gasteiger partial charge in [-0.25, -0.2) is 0 Å². The number of ether oxygens (including phenoxy) is 1. The first kappa shape index (κ1) is 10.2. The van der Waals surface area contributed by atoms with E-state index >= 15 is 0 Å². The van der Waals surface area contributed by atoms with Gasteiger partial charge >= 0.3 is 0 Å². The summed E-state index contributed by atoms with van der Waals surface area (Å²) in [6, 6.07) is 11.1. The Bertz CT molecular complexity index is 640. The molecule has 0 fully saturated rings. The highest BCUT2D eigenvalue weighted by Gasteiger charge is 2.34. The first-order valence-corrected chi connectivity index (χ1v) is 6.83. The number of aryl methyl sites for hydroxylation is 1. The van der Waals surface area contributed by atoms with Crippen LogP contribution >= 0.6 is 0 Å². The van der Waals surface area contributed by atoms with Crippen LogP contribution in [-0.4, -0.2) is 0 Å². The van der Waals surface area contributed by atoms with Crippen molar-refractivity contribution in [1.82, 2.24) is 0 Å². The quantitative estimate of drug-likeness (QED) is 0.469. The van der Waals surface area contributed by atoms with Crippen molar-refractivity contribution in [1.29, 1.82) is 0 Å². The average Bonchev–Trinajstić information content (AvgIpc) is 3.12. The molecule has 0 bridgehead atoms. The molecule has 0 saturated carbocycles. The third-order valence-corrected chi connectivity index (χ3v) is 4.05. The van der Waals surface area contributed by atoms with Crippen LogP contribution in [0.1, 0.15) is 36.5 Å². The summed E-state index contributed by atoms with van der Waals surface area (Å²) in [7, 11) is 0. The van der Waals surface area contributed by atoms with E-state index in [4.69, 9.17) is 4.74 Å². The molecular formula is C17H16O. The van der Waals surface area contributed by atoms with E-state index in [2.05, 4.69) is 37.3 Å². The van der Waals surface area contributed by atoms with Gasteiger partial charge in [0.25, 0.3) is 0 Å². The molecule has 0 spiro atoms. The van der Waals surface area contributed by atoms with Gasteiger partial charge in [-0.3, -0.25) is 0 Å². The predicted molar refractivity (Wildman–Crippen MR) is 73.4 cm³/mol. The summed E-state index contributed by atoms with van der Waals surface area (Å²) >= 11 is 0. The van der Waals surface area contributed by atoms with Gasteiger partial charge in [0.15, 0.2) is 11.5 Å². The van der Waals surface area contributed by atoms with Crippen LogP contribution in [0.2, 0.25) is 0 Å². The molecule has 1 heteroatoms. The lowest BCUT2D eigenvalue weighted by molar-refractivity contribution is 0.636. The number of rotatable bonds is 3. The van der Waals surface area contributed by atoms with E-state index in [0.717, 1.165) is 12.8 Å². The third-order valence-electron chi connectivity index (χ3n) is 4.05. The molecule has 0 N–H and O–H groups in total. The smallest absolute Gasteiger partial charge is 0.174 e. The SMILES string of the molecule is CCCCc1cc2c(c3c1O3)Cc1ccccc1-2. The van der Waals surface area contributed by atoms with Gasteiger partial charge in [0.05, 0.1) is 0 Å². The minimum Gasteiger partial charge on any atom is -0.449 e. The lowest BCUT2D eigenvalue weighted by atomic mass is 10.0. The Hall–Kier alpha value is -1.76. The number of hydrogen-bond donors (Lipinski definition) is 0. The van der Waals surface area contributed by atoms with Crippen LogP contribution in [-0.2, 0) is 12.8 Å². The van der Waals surface area contributed by atoms with E-state index in [1.54, 1.807) is 0 Å². The van der Waals surface area contributed by atoms with E-state index in [9.17, 15) is 0 Å². The largest absolute Gasteiger partial charge is 0.449 e. The molecule has 1 heterocycles. The minimum atomic E-state index is 1.04. The Morgan fingerprint density at radius 1 is 1.11 bits per heavy atom. The number of fused-ring (bicyclic) bond motifs is 5. The van der Waals surface area contributed by atoms with E-state index in [0.29, 0.717) is 0 Å². The molecule has 2 aromatic carbocycles. The van der Waals surface area contributed by atoms with Crippen molar-refractivity contribution in [2.75, 3.05) is 0 Å². The predicted octanol–water partition coefficient (Wildman–Crippen LogP) is 4.71. The fourth-order valence-electron chi connectivity index (χ4n) is 3.03. The molecule has 0 saturated heterocycles. The Kier molecular flexibility index (Phi) is 2.05. The van der Waals surface area contributed by atoms with Crippen molar-refractivity contribution in [2.45, 2.75) is 32.6 Å². The van der Waals surface area contributed by atoms with Crippen molar-refractivity contribution < 1.29 is 4.74 Å². The molecule has 1 nitrogen and oxygen atoms in total. The van der Waals surface area contributed by atoms with Gasteiger partial charge < -0.3 is 4.74 Å². The Balaban J connectivity index is 1.83. The van der Waals surface area contributed by atoms with E-state index in [-0.39, 0.29) is 0 Å². The molecule has 0 radical (unpaired) electrons. The lowest BCUT2D eigenvalue weighted by Crippen LogP contribution is -1.83. The van der Waals surface area contributed by atoms with Crippen molar-refractivity contribution in [3.8, 4) is 22.6 Å². The second-order valence-corrected chi connectivity index (χ2v) is 5.26. The fraction of sp³-hybridized carbons (Fsp3) is 0.294. The molecule has 2 aliphatic rings. The third kappa shape index (κ3) is 1.34. The molecule has 18 heavy (non-hydrogen) atoms. The second-order valence-electron chi connectivity index (χ2n) is 5.26. The summed E-state index contributed by atoms with van der Waals surface area (Å²) in [4.78, 5) is 0. The summed E-state index contributed by atoms with van der Waals surface area (Å²) in [6.07, 6.45) is 4.68. The maximum Gasteiger partial charge on any atom is 0.174 e. The van der Waals surface area contributed by atoms with Crippen LogP contribution in [0.3, 0.4) is 0 Å². The van der Waals surface area contributed by atoms with E-state index < -0.39 is 0 Å². The van der Waals surface area contributed by atoms with Gasteiger partial charge in [-0.2, -0.15) is 0 Å². The summed E-state index contributed by atoms with van der Waals surface area (Å²) in [5.41, 5.74) is 7.07. The van der Waals surface area contributed by atoms with E-state index in [1.807, 2.05) is 0 Å². The highest BCUT2D eigenvalue weighted by molar-refractivity contribution is 5.85. The van der Waals surface area contributed by atoms with Crippen LogP contribution in [0, 0.1) is 0 Å². The van der Waals surface area contributed by atoms with Gasteiger partial charge in [0, 0.05) is 12.0 Å². The minimum absolute atomic E-state index is 1.04. The number of unbranched alkanes of at least 4 members (excludes halogenated alkanes) is 1. The average molecular weight is 236 g/mol. The maximum absolute atomic E-state index is 5.74. The molecule has 0 aromatic heterocycles. The van der Waals surface area contributed by atoms with Crippen molar-refractivity contribution in [3.63, 3.8) is 0 Å². The molecule has 90 valence electrons. The van der Waals surface area contributed by atoms with Crippen LogP contribution in [0.5, 0.6) is 11.5 Å². The van der Waals surface area contributed by atoms with Crippen molar-refractivity contribution >= 4 is 0 Å². The molecule has 4 rings (SSSR count). The van der Waals surface area contributed by atoms with E-state index in [1.165, 1.54) is 52.2 Å². The normalized spacial score (nSPS) is 13.6. The fourth-order valence-corrected chi connectivity index (χ4v) is 3.03. The second kappa shape index (κ2) is 3.61. The molecule has 0 amide bonds.